The van der Waals surface area contributed by atoms with Gasteiger partial charge in [0.05, 0.1) is 0 Å². The Balaban J connectivity index is 1.54. The first-order valence-electron chi connectivity index (χ1n) is 12.8. The molecule has 0 radical (unpaired) electrons. The molecular weight excluding hydrogens is 468 g/mol. The average molecular weight is 498 g/mol. The SMILES string of the molecule is C1=CCC2=c3ccccc3=[P+](N(C3CCCCC3)[P+]3=c4ccccc4=C4CC=CC=C4O3)OC2=C1. The van der Waals surface area contributed by atoms with Crippen molar-refractivity contribution in [2.45, 2.75) is 51.0 Å². The van der Waals surface area contributed by atoms with Gasteiger partial charge in [-0.05, 0) is 62.1 Å². The summed E-state index contributed by atoms with van der Waals surface area (Å²) in [5.41, 5.74) is 2.64. The number of benzene rings is 2. The molecule has 5 aliphatic rings. The smallest absolute Gasteiger partial charge is 0.266 e. The van der Waals surface area contributed by atoms with Crippen molar-refractivity contribution < 1.29 is 9.05 Å². The molecule has 2 heterocycles. The van der Waals surface area contributed by atoms with Crippen molar-refractivity contribution in [1.82, 2.24) is 4.44 Å². The maximum absolute atomic E-state index is 7.00. The third kappa shape index (κ3) is 3.69. The highest BCUT2D eigenvalue weighted by Crippen LogP contribution is 2.57. The summed E-state index contributed by atoms with van der Waals surface area (Å²) < 4.78 is 16.7. The van der Waals surface area contributed by atoms with Crippen molar-refractivity contribution in [3.05, 3.63) is 117 Å². The molecule has 3 aliphatic carbocycles. The Kier molecular flexibility index (Phi) is 5.59. The topological polar surface area (TPSA) is 21.7 Å². The Bertz CT molecular complexity index is 1480. The van der Waals surface area contributed by atoms with Crippen LogP contribution < -0.4 is 10.4 Å². The number of allylic oxidation sites excluding steroid dienone is 8. The fraction of sp³-hybridized carbons (Fsp3) is 0.267. The predicted octanol–water partition coefficient (Wildman–Crippen LogP) is 7.20. The van der Waals surface area contributed by atoms with Crippen molar-refractivity contribution in [3.63, 3.8) is 0 Å². The van der Waals surface area contributed by atoms with Gasteiger partial charge in [0.15, 0.2) is 11.5 Å². The van der Waals surface area contributed by atoms with Crippen LogP contribution in [0.5, 0.6) is 0 Å². The van der Waals surface area contributed by atoms with Crippen molar-refractivity contribution in [1.29, 1.82) is 0 Å². The normalized spacial score (nSPS) is 22.9. The molecule has 2 aromatic rings. The van der Waals surface area contributed by atoms with Crippen LogP contribution in [0.2, 0.25) is 0 Å². The fourth-order valence-corrected chi connectivity index (χ4v) is 11.0. The van der Waals surface area contributed by atoms with Gasteiger partial charge in [0.2, 0.25) is 9.88 Å². The van der Waals surface area contributed by atoms with Crippen LogP contribution in [-0.2, 0) is 9.05 Å². The van der Waals surface area contributed by atoms with Crippen molar-refractivity contribution in [3.8, 4) is 0 Å². The molecule has 2 aromatic carbocycles. The van der Waals surface area contributed by atoms with E-state index in [1.54, 1.807) is 0 Å². The van der Waals surface area contributed by atoms with Gasteiger partial charge in [-0.25, -0.2) is 0 Å². The summed E-state index contributed by atoms with van der Waals surface area (Å²) in [5.74, 6) is 2.09. The first kappa shape index (κ1) is 21.6. The van der Waals surface area contributed by atoms with Crippen LogP contribution in [-0.4, -0.2) is 10.5 Å². The van der Waals surface area contributed by atoms with Gasteiger partial charge in [-0.2, -0.15) is 0 Å². The first-order valence-corrected chi connectivity index (χ1v) is 15.2. The minimum Gasteiger partial charge on any atom is -0.266 e. The molecule has 0 spiro atoms. The molecule has 3 nitrogen and oxygen atoms in total. The van der Waals surface area contributed by atoms with Gasteiger partial charge in [-0.15, -0.1) is 0 Å². The maximum Gasteiger partial charge on any atom is 0.457 e. The zero-order valence-corrected chi connectivity index (χ0v) is 21.6. The lowest BCUT2D eigenvalue weighted by Crippen LogP contribution is -2.31. The molecule has 0 aromatic heterocycles. The van der Waals surface area contributed by atoms with E-state index in [9.17, 15) is 0 Å². The third-order valence-electron chi connectivity index (χ3n) is 7.52. The minimum atomic E-state index is -1.03. The van der Waals surface area contributed by atoms with Gasteiger partial charge < -0.3 is 0 Å². The van der Waals surface area contributed by atoms with Crippen molar-refractivity contribution >= 4 is 27.0 Å². The lowest BCUT2D eigenvalue weighted by molar-refractivity contribution is 0.316. The molecule has 1 fully saturated rings. The van der Waals surface area contributed by atoms with E-state index in [4.69, 9.17) is 9.05 Å². The van der Waals surface area contributed by atoms with Crippen LogP contribution in [0.4, 0.5) is 0 Å². The minimum absolute atomic E-state index is 0.463. The van der Waals surface area contributed by atoms with E-state index in [0.29, 0.717) is 6.04 Å². The zero-order chi connectivity index (χ0) is 23.2. The van der Waals surface area contributed by atoms with Crippen molar-refractivity contribution in [2.24, 2.45) is 0 Å². The third-order valence-corrected chi connectivity index (χ3v) is 12.2. The highest BCUT2D eigenvalue weighted by Gasteiger charge is 2.52. The van der Waals surface area contributed by atoms with E-state index in [0.717, 1.165) is 24.4 Å². The molecule has 7 rings (SSSR count). The van der Waals surface area contributed by atoms with E-state index >= 15 is 0 Å². The molecule has 174 valence electrons. The number of hydrogen-bond acceptors (Lipinski definition) is 3. The summed E-state index contributed by atoms with van der Waals surface area (Å²) in [6.07, 6.45) is 21.2. The Morgan fingerprint density at radius 2 is 1.17 bits per heavy atom. The molecule has 0 amide bonds. The number of nitrogens with zero attached hydrogens (tertiary/aromatic N) is 1. The summed E-state index contributed by atoms with van der Waals surface area (Å²) in [6.45, 7) is 0. The lowest BCUT2D eigenvalue weighted by atomic mass is 9.96. The van der Waals surface area contributed by atoms with Crippen LogP contribution >= 0.6 is 15.8 Å². The molecule has 2 atom stereocenters. The molecule has 5 heteroatoms. The van der Waals surface area contributed by atoms with Crippen LogP contribution in [0.1, 0.15) is 44.9 Å². The zero-order valence-electron chi connectivity index (χ0n) is 19.8. The summed E-state index contributed by atoms with van der Waals surface area (Å²) in [7, 11) is -2.06. The molecule has 0 N–H and O–H groups in total. The largest absolute Gasteiger partial charge is 0.457 e. The standard InChI is InChI=1S/C30H29NO2P2/c1-2-12-22(13-3-1)31(34-29-20-10-6-16-25(29)23-14-4-8-18-27(23)32-34)35-30-21-11-7-17-26(30)24-15-5-9-19-28(24)33-35/h4-11,16-22H,1-3,12-15H2/q+2. The van der Waals surface area contributed by atoms with Gasteiger partial charge in [-0.1, -0.05) is 67.8 Å². The molecule has 0 saturated heterocycles. The van der Waals surface area contributed by atoms with Crippen molar-refractivity contribution in [2.75, 3.05) is 0 Å². The summed E-state index contributed by atoms with van der Waals surface area (Å²) in [4.78, 5) is 2.68. The van der Waals surface area contributed by atoms with E-state index in [2.05, 4.69) is 89.4 Å². The van der Waals surface area contributed by atoms with Gasteiger partial charge >= 0.3 is 15.8 Å². The van der Waals surface area contributed by atoms with Gasteiger partial charge in [-0.3, -0.25) is 9.05 Å². The van der Waals surface area contributed by atoms with E-state index < -0.39 is 15.8 Å². The van der Waals surface area contributed by atoms with Crippen LogP contribution in [0, 0.1) is 9.88 Å². The Morgan fingerprint density at radius 1 is 0.657 bits per heavy atom. The molecule has 1 saturated carbocycles. The van der Waals surface area contributed by atoms with Gasteiger partial charge in [0.25, 0.3) is 0 Å². The monoisotopic (exact) mass is 497 g/mol. The quantitative estimate of drug-likeness (QED) is 0.419. The van der Waals surface area contributed by atoms with Gasteiger partial charge in [0, 0.05) is 21.6 Å². The number of fused-ring (bicyclic) bond motifs is 4. The molecule has 2 aliphatic heterocycles. The fourth-order valence-electron chi connectivity index (χ4n) is 5.80. The second-order valence-electron chi connectivity index (χ2n) is 9.66. The van der Waals surface area contributed by atoms with Crippen LogP contribution in [0.3, 0.4) is 0 Å². The number of rotatable bonds is 3. The second kappa shape index (κ2) is 9.07. The first-order chi connectivity index (χ1) is 17.4. The van der Waals surface area contributed by atoms with E-state index in [1.165, 1.54) is 63.6 Å². The summed E-state index contributed by atoms with van der Waals surface area (Å²) >= 11 is 0. The average Bonchev–Trinajstić information content (AvgIpc) is 2.94. The van der Waals surface area contributed by atoms with Crippen LogP contribution in [0.25, 0.3) is 11.1 Å². The highest BCUT2D eigenvalue weighted by atomic mass is 31.2. The molecule has 35 heavy (non-hydrogen) atoms. The predicted molar refractivity (Wildman–Crippen MR) is 145 cm³/mol. The van der Waals surface area contributed by atoms with E-state index in [1.807, 2.05) is 0 Å². The Labute approximate surface area is 208 Å². The summed E-state index contributed by atoms with van der Waals surface area (Å²) in [5, 5.41) is 2.71. The van der Waals surface area contributed by atoms with E-state index in [-0.39, 0.29) is 0 Å². The number of hydrogen-bond donors (Lipinski definition) is 0. The van der Waals surface area contributed by atoms with Crippen LogP contribution in [0.15, 0.2) is 96.5 Å². The highest BCUT2D eigenvalue weighted by molar-refractivity contribution is 7.57. The molecule has 0 bridgehead atoms. The maximum atomic E-state index is 7.00. The Morgan fingerprint density at radius 3 is 1.71 bits per heavy atom. The lowest BCUT2D eigenvalue weighted by Gasteiger charge is -2.25. The van der Waals surface area contributed by atoms with Gasteiger partial charge in [0.1, 0.15) is 10.5 Å². The summed E-state index contributed by atoms with van der Waals surface area (Å²) in [6, 6.07) is 18.3. The molecule has 2 unspecified atom stereocenters. The second-order valence-corrected chi connectivity index (χ2v) is 13.3. The Hall–Kier alpha value is -2.70. The molecular formula is C30H29NO2P2+2.